The minimum atomic E-state index is -1.16. The first-order valence-electron chi connectivity index (χ1n) is 11.2. The minimum Gasteiger partial charge on any atom is -0.454 e. The Kier molecular flexibility index (Phi) is 8.80. The van der Waals surface area contributed by atoms with Gasteiger partial charge >= 0.3 is 5.91 Å². The number of hydrogen-bond acceptors (Lipinski definition) is 7. The van der Waals surface area contributed by atoms with Gasteiger partial charge in [0.1, 0.15) is 12.1 Å². The van der Waals surface area contributed by atoms with Gasteiger partial charge in [0.05, 0.1) is 7.11 Å². The van der Waals surface area contributed by atoms with Crippen molar-refractivity contribution in [2.45, 2.75) is 38.8 Å². The molecular formula is C25H29N3O7. The third-order valence-electron chi connectivity index (χ3n) is 5.30. The number of ether oxygens (including phenoxy) is 2. The second-order valence-corrected chi connectivity index (χ2v) is 8.47. The molecule has 2 aromatic carbocycles. The molecule has 3 N–H and O–H groups in total. The number of nitrogens with one attached hydrogen (secondary N) is 3. The summed E-state index contributed by atoms with van der Waals surface area (Å²) in [5.41, 5.74) is 3.04. The molecule has 10 nitrogen and oxygen atoms in total. The Bertz CT molecular complexity index is 1070. The molecule has 186 valence electrons. The molecule has 3 rings (SSSR count). The van der Waals surface area contributed by atoms with E-state index in [1.54, 1.807) is 42.5 Å². The van der Waals surface area contributed by atoms with E-state index in [1.165, 1.54) is 7.11 Å². The topological polar surface area (TPSA) is 132 Å². The van der Waals surface area contributed by atoms with Gasteiger partial charge in [0.25, 0.3) is 5.91 Å². The fourth-order valence-corrected chi connectivity index (χ4v) is 3.61. The van der Waals surface area contributed by atoms with E-state index in [4.69, 9.17) is 9.47 Å². The third kappa shape index (κ3) is 7.03. The van der Waals surface area contributed by atoms with Gasteiger partial charge in [0, 0.05) is 12.0 Å². The summed E-state index contributed by atoms with van der Waals surface area (Å²) in [4.78, 5) is 55.6. The summed E-state index contributed by atoms with van der Waals surface area (Å²) in [6.07, 6.45) is 0.408. The summed E-state index contributed by atoms with van der Waals surface area (Å²) >= 11 is 0. The van der Waals surface area contributed by atoms with Gasteiger partial charge in [-0.2, -0.15) is 0 Å². The molecule has 0 aromatic heterocycles. The van der Waals surface area contributed by atoms with Crippen LogP contribution in [0.25, 0.3) is 0 Å². The summed E-state index contributed by atoms with van der Waals surface area (Å²) in [5.74, 6) is -1.87. The first-order valence-corrected chi connectivity index (χ1v) is 11.2. The molecule has 35 heavy (non-hydrogen) atoms. The van der Waals surface area contributed by atoms with Crippen LogP contribution in [-0.4, -0.2) is 49.5 Å². The van der Waals surface area contributed by atoms with Crippen LogP contribution in [0.2, 0.25) is 0 Å². The van der Waals surface area contributed by atoms with Gasteiger partial charge in [-0.1, -0.05) is 44.2 Å². The smallest absolute Gasteiger partial charge is 0.313 e. The summed E-state index contributed by atoms with van der Waals surface area (Å²) in [5, 5.41) is 5.38. The number of Topliss-reactive ketones (excluding diaryl/α,β-unsaturated/α-hetero) is 1. The Morgan fingerprint density at radius 2 is 1.66 bits per heavy atom. The first kappa shape index (κ1) is 25.7. The van der Waals surface area contributed by atoms with Crippen molar-refractivity contribution in [3.8, 4) is 11.5 Å². The molecule has 1 unspecified atom stereocenters. The largest absolute Gasteiger partial charge is 0.454 e. The predicted octanol–water partition coefficient (Wildman–Crippen LogP) is 1.53. The Hall–Kier alpha value is -3.92. The lowest BCUT2D eigenvalue weighted by atomic mass is 9.99. The van der Waals surface area contributed by atoms with Gasteiger partial charge in [0.15, 0.2) is 11.5 Å². The summed E-state index contributed by atoms with van der Waals surface area (Å²) < 4.78 is 10.6. The molecule has 3 amide bonds. The van der Waals surface area contributed by atoms with Crippen LogP contribution in [0.3, 0.4) is 0 Å². The van der Waals surface area contributed by atoms with Crippen LogP contribution in [-0.2, 0) is 25.6 Å². The van der Waals surface area contributed by atoms with E-state index in [0.717, 1.165) is 5.56 Å². The lowest BCUT2D eigenvalue weighted by molar-refractivity contribution is -0.146. The van der Waals surface area contributed by atoms with Gasteiger partial charge in [-0.3, -0.25) is 24.0 Å². The third-order valence-corrected chi connectivity index (χ3v) is 5.30. The van der Waals surface area contributed by atoms with Crippen LogP contribution < -0.4 is 25.6 Å². The molecule has 2 atom stereocenters. The maximum Gasteiger partial charge on any atom is 0.313 e. The number of hydroxylamine groups is 1. The van der Waals surface area contributed by atoms with Crippen molar-refractivity contribution in [2.75, 3.05) is 13.9 Å². The van der Waals surface area contributed by atoms with E-state index in [-0.39, 0.29) is 19.1 Å². The van der Waals surface area contributed by atoms with Crippen molar-refractivity contribution in [1.82, 2.24) is 16.1 Å². The van der Waals surface area contributed by atoms with Crippen molar-refractivity contribution >= 4 is 23.5 Å². The van der Waals surface area contributed by atoms with Gasteiger partial charge in [-0.25, -0.2) is 5.48 Å². The average molecular weight is 484 g/mol. The molecule has 0 aliphatic carbocycles. The molecule has 0 radical (unpaired) electrons. The molecule has 0 saturated heterocycles. The Morgan fingerprint density at radius 1 is 0.943 bits per heavy atom. The highest BCUT2D eigenvalue weighted by Crippen LogP contribution is 2.32. The molecule has 1 heterocycles. The lowest BCUT2D eigenvalue weighted by Gasteiger charge is -2.24. The maximum absolute atomic E-state index is 13.2. The number of fused-ring (bicyclic) bond motifs is 1. The van der Waals surface area contributed by atoms with Crippen LogP contribution >= 0.6 is 0 Å². The fraction of sp³-hybridized carbons (Fsp3) is 0.360. The van der Waals surface area contributed by atoms with Gasteiger partial charge in [0.2, 0.25) is 18.5 Å². The number of carbonyl (C=O) groups excluding carboxylic acids is 4. The second kappa shape index (κ2) is 12.0. The molecule has 0 saturated carbocycles. The zero-order chi connectivity index (χ0) is 25.4. The number of benzene rings is 2. The monoisotopic (exact) mass is 483 g/mol. The molecule has 2 aromatic rings. The standard InChI is InChI=1S/C25H29N3O7/c1-15(2)11-19(27-23(30)17-9-10-20-21(13-17)35-14-34-20)24(31)26-18(22(29)25(32)28-33-3)12-16-7-5-4-6-8-16/h4-10,13,15,18-19H,11-12,14H2,1-3H3,(H,26,31)(H,27,30)(H,28,32)/t18?,19-/m0/s1. The zero-order valence-corrected chi connectivity index (χ0v) is 19.8. The van der Waals surface area contributed by atoms with E-state index in [0.29, 0.717) is 23.5 Å². The number of rotatable bonds is 11. The molecule has 10 heteroatoms. The lowest BCUT2D eigenvalue weighted by Crippen LogP contribution is -2.54. The van der Waals surface area contributed by atoms with E-state index in [9.17, 15) is 19.2 Å². The van der Waals surface area contributed by atoms with Crippen LogP contribution in [0.4, 0.5) is 0 Å². The highest BCUT2D eigenvalue weighted by Gasteiger charge is 2.31. The predicted molar refractivity (Wildman–Crippen MR) is 126 cm³/mol. The van der Waals surface area contributed by atoms with E-state index in [1.807, 2.05) is 25.4 Å². The van der Waals surface area contributed by atoms with E-state index >= 15 is 0 Å². The van der Waals surface area contributed by atoms with Crippen molar-refractivity contribution in [3.05, 3.63) is 59.7 Å². The fourth-order valence-electron chi connectivity index (χ4n) is 3.61. The van der Waals surface area contributed by atoms with Gasteiger partial charge in [-0.15, -0.1) is 0 Å². The molecule has 0 fully saturated rings. The summed E-state index contributed by atoms with van der Waals surface area (Å²) in [6.45, 7) is 3.89. The van der Waals surface area contributed by atoms with Crippen molar-refractivity contribution in [1.29, 1.82) is 0 Å². The van der Waals surface area contributed by atoms with E-state index < -0.39 is 35.6 Å². The van der Waals surface area contributed by atoms with Gasteiger partial charge in [-0.05, 0) is 36.1 Å². The van der Waals surface area contributed by atoms with E-state index in [2.05, 4.69) is 15.5 Å². The van der Waals surface area contributed by atoms with Crippen molar-refractivity contribution in [2.24, 2.45) is 5.92 Å². The Balaban J connectivity index is 1.77. The average Bonchev–Trinajstić information content (AvgIpc) is 3.31. The zero-order valence-electron chi connectivity index (χ0n) is 19.8. The van der Waals surface area contributed by atoms with Crippen LogP contribution in [0, 0.1) is 5.92 Å². The van der Waals surface area contributed by atoms with Crippen molar-refractivity contribution in [3.63, 3.8) is 0 Å². The summed E-state index contributed by atoms with van der Waals surface area (Å²) in [6, 6.07) is 11.6. The molecule has 1 aliphatic heterocycles. The van der Waals surface area contributed by atoms with Gasteiger partial charge < -0.3 is 20.1 Å². The molecule has 0 spiro atoms. The number of ketones is 1. The minimum absolute atomic E-state index is 0.0582. The second-order valence-electron chi connectivity index (χ2n) is 8.47. The van der Waals surface area contributed by atoms with Crippen LogP contribution in [0.1, 0.15) is 36.2 Å². The number of hydrogen-bond donors (Lipinski definition) is 3. The highest BCUT2D eigenvalue weighted by molar-refractivity contribution is 6.38. The normalized spacial score (nSPS) is 13.6. The Labute approximate surface area is 203 Å². The highest BCUT2D eigenvalue weighted by atomic mass is 16.7. The molecule has 0 bridgehead atoms. The van der Waals surface area contributed by atoms with Crippen LogP contribution in [0.15, 0.2) is 48.5 Å². The quantitative estimate of drug-likeness (QED) is 0.326. The maximum atomic E-state index is 13.2. The summed E-state index contributed by atoms with van der Waals surface area (Å²) in [7, 11) is 1.21. The SMILES string of the molecule is CONC(=O)C(=O)C(Cc1ccccc1)NC(=O)[C@H](CC(C)C)NC(=O)c1ccc2c(c1)OCO2. The van der Waals surface area contributed by atoms with Crippen molar-refractivity contribution < 1.29 is 33.5 Å². The molecular weight excluding hydrogens is 454 g/mol. The molecule has 1 aliphatic rings. The Morgan fingerprint density at radius 3 is 2.34 bits per heavy atom. The van der Waals surface area contributed by atoms with Crippen LogP contribution in [0.5, 0.6) is 11.5 Å². The number of amides is 3. The first-order chi connectivity index (χ1) is 16.8. The number of carbonyl (C=O) groups is 4.